The second kappa shape index (κ2) is 8.79. The molecule has 0 saturated heterocycles. The van der Waals surface area contributed by atoms with E-state index in [1.165, 1.54) is 24.3 Å². The minimum absolute atomic E-state index is 0.0199. The van der Waals surface area contributed by atoms with E-state index in [0.717, 1.165) is 5.56 Å². The lowest BCUT2D eigenvalue weighted by molar-refractivity contribution is -0.384. The number of ether oxygens (including phenoxy) is 1. The summed E-state index contributed by atoms with van der Waals surface area (Å²) in [6.07, 6.45) is 0. The second-order valence-electron chi connectivity index (χ2n) is 5.73. The number of benzene rings is 2. The van der Waals surface area contributed by atoms with Gasteiger partial charge in [-0.3, -0.25) is 14.9 Å². The maximum Gasteiger partial charge on any atom is 0.269 e. The van der Waals surface area contributed by atoms with Crippen LogP contribution in [0.2, 0.25) is 0 Å². The number of likely N-dealkylation sites (N-methyl/N-ethyl adjacent to an activating group) is 1. The topological polar surface area (TPSA) is 84.7 Å². The van der Waals surface area contributed by atoms with Gasteiger partial charge in [0.05, 0.1) is 11.0 Å². The SMILES string of the molecule is CN(C)C(CNC(=O)COc1ccc([N+](=O)[O-])cc1)c1ccccc1. The van der Waals surface area contributed by atoms with Gasteiger partial charge in [-0.2, -0.15) is 0 Å². The van der Waals surface area contributed by atoms with Gasteiger partial charge in [-0.1, -0.05) is 30.3 Å². The molecule has 1 N–H and O–H groups in total. The molecule has 0 aromatic heterocycles. The summed E-state index contributed by atoms with van der Waals surface area (Å²) in [6.45, 7) is 0.312. The molecule has 1 unspecified atom stereocenters. The average Bonchev–Trinajstić information content (AvgIpc) is 2.61. The zero-order valence-corrected chi connectivity index (χ0v) is 14.2. The summed E-state index contributed by atoms with van der Waals surface area (Å²) >= 11 is 0. The second-order valence-corrected chi connectivity index (χ2v) is 5.73. The van der Waals surface area contributed by atoms with Crippen LogP contribution in [-0.2, 0) is 4.79 Å². The van der Waals surface area contributed by atoms with Crippen LogP contribution in [0.5, 0.6) is 5.75 Å². The van der Waals surface area contributed by atoms with E-state index in [2.05, 4.69) is 5.32 Å². The minimum Gasteiger partial charge on any atom is -0.484 e. The van der Waals surface area contributed by atoms with Crippen LogP contribution in [0.25, 0.3) is 0 Å². The van der Waals surface area contributed by atoms with Crippen molar-refractivity contribution in [3.63, 3.8) is 0 Å². The van der Waals surface area contributed by atoms with Gasteiger partial charge in [0, 0.05) is 18.7 Å². The van der Waals surface area contributed by atoms with Crippen molar-refractivity contribution in [1.29, 1.82) is 0 Å². The molecule has 1 atom stereocenters. The highest BCUT2D eigenvalue weighted by atomic mass is 16.6. The first-order chi connectivity index (χ1) is 12.0. The van der Waals surface area contributed by atoms with Crippen molar-refractivity contribution in [2.45, 2.75) is 6.04 Å². The first-order valence-electron chi connectivity index (χ1n) is 7.82. The summed E-state index contributed by atoms with van der Waals surface area (Å²) in [5.74, 6) is 0.161. The highest BCUT2D eigenvalue weighted by Crippen LogP contribution is 2.18. The smallest absolute Gasteiger partial charge is 0.269 e. The van der Waals surface area contributed by atoms with E-state index in [0.29, 0.717) is 12.3 Å². The standard InChI is InChI=1S/C18H21N3O4/c1-20(2)17(14-6-4-3-5-7-14)12-19-18(22)13-25-16-10-8-15(9-11-16)21(23)24/h3-11,17H,12-13H2,1-2H3,(H,19,22). The van der Waals surface area contributed by atoms with Gasteiger partial charge in [-0.25, -0.2) is 0 Å². The third kappa shape index (κ3) is 5.58. The number of amides is 1. The fourth-order valence-corrected chi connectivity index (χ4v) is 2.35. The molecule has 0 aliphatic rings. The molecule has 2 aromatic rings. The number of carbonyl (C=O) groups is 1. The van der Waals surface area contributed by atoms with E-state index in [1.807, 2.05) is 49.3 Å². The van der Waals surface area contributed by atoms with Crippen molar-refractivity contribution < 1.29 is 14.5 Å². The van der Waals surface area contributed by atoms with Gasteiger partial charge in [-0.05, 0) is 31.8 Å². The molecule has 1 amide bonds. The molecule has 25 heavy (non-hydrogen) atoms. The predicted octanol–water partition coefficient (Wildman–Crippen LogP) is 2.39. The van der Waals surface area contributed by atoms with Gasteiger partial charge < -0.3 is 15.0 Å². The summed E-state index contributed by atoms with van der Waals surface area (Å²) in [5, 5.41) is 13.4. The number of nitrogens with one attached hydrogen (secondary N) is 1. The van der Waals surface area contributed by atoms with Crippen molar-refractivity contribution >= 4 is 11.6 Å². The number of non-ortho nitro benzene ring substituents is 1. The Morgan fingerprint density at radius 3 is 2.36 bits per heavy atom. The number of hydrogen-bond donors (Lipinski definition) is 1. The van der Waals surface area contributed by atoms with E-state index in [-0.39, 0.29) is 24.2 Å². The highest BCUT2D eigenvalue weighted by molar-refractivity contribution is 5.77. The lowest BCUT2D eigenvalue weighted by atomic mass is 10.1. The van der Waals surface area contributed by atoms with Gasteiger partial charge in [0.2, 0.25) is 0 Å². The molecule has 0 saturated carbocycles. The van der Waals surface area contributed by atoms with Crippen molar-refractivity contribution in [2.75, 3.05) is 27.2 Å². The molecule has 132 valence electrons. The maximum atomic E-state index is 12.0. The van der Waals surface area contributed by atoms with Crippen molar-refractivity contribution in [2.24, 2.45) is 0 Å². The van der Waals surface area contributed by atoms with E-state index in [1.54, 1.807) is 0 Å². The van der Waals surface area contributed by atoms with Crippen LogP contribution in [0.1, 0.15) is 11.6 Å². The van der Waals surface area contributed by atoms with Gasteiger partial charge in [-0.15, -0.1) is 0 Å². The lowest BCUT2D eigenvalue weighted by Gasteiger charge is -2.25. The number of hydrogen-bond acceptors (Lipinski definition) is 5. The summed E-state index contributed by atoms with van der Waals surface area (Å²) in [4.78, 5) is 24.1. The fraction of sp³-hybridized carbons (Fsp3) is 0.278. The number of rotatable bonds is 8. The van der Waals surface area contributed by atoms with Gasteiger partial charge in [0.15, 0.2) is 6.61 Å². The van der Waals surface area contributed by atoms with E-state index in [9.17, 15) is 14.9 Å². The summed E-state index contributed by atoms with van der Waals surface area (Å²) in [6, 6.07) is 15.6. The first kappa shape index (κ1) is 18.4. The number of carbonyl (C=O) groups excluding carboxylic acids is 1. The molecule has 2 rings (SSSR count). The number of nitro benzene ring substituents is 1. The third-order valence-electron chi connectivity index (χ3n) is 3.72. The Morgan fingerprint density at radius 1 is 1.16 bits per heavy atom. The zero-order valence-electron chi connectivity index (χ0n) is 14.2. The Labute approximate surface area is 146 Å². The fourth-order valence-electron chi connectivity index (χ4n) is 2.35. The van der Waals surface area contributed by atoms with Gasteiger partial charge in [0.25, 0.3) is 11.6 Å². The van der Waals surface area contributed by atoms with Crippen LogP contribution >= 0.6 is 0 Å². The molecule has 0 aliphatic carbocycles. The number of nitro groups is 1. The Balaban J connectivity index is 1.84. The largest absolute Gasteiger partial charge is 0.484 e. The molecule has 2 aromatic carbocycles. The predicted molar refractivity (Wildman–Crippen MR) is 94.5 cm³/mol. The lowest BCUT2D eigenvalue weighted by Crippen LogP contribution is -2.36. The Morgan fingerprint density at radius 2 is 1.80 bits per heavy atom. The molecule has 0 heterocycles. The van der Waals surface area contributed by atoms with E-state index >= 15 is 0 Å². The van der Waals surface area contributed by atoms with Crippen molar-refractivity contribution in [3.8, 4) is 5.75 Å². The molecular weight excluding hydrogens is 322 g/mol. The molecule has 7 nitrogen and oxygen atoms in total. The Bertz CT molecular complexity index is 702. The van der Waals surface area contributed by atoms with Crippen LogP contribution in [0.15, 0.2) is 54.6 Å². The van der Waals surface area contributed by atoms with E-state index in [4.69, 9.17) is 4.74 Å². The molecule has 0 radical (unpaired) electrons. The third-order valence-corrected chi connectivity index (χ3v) is 3.72. The molecule has 0 bridgehead atoms. The average molecular weight is 343 g/mol. The monoisotopic (exact) mass is 343 g/mol. The van der Waals surface area contributed by atoms with Crippen LogP contribution in [0.4, 0.5) is 5.69 Å². The summed E-state index contributed by atoms with van der Waals surface area (Å²) < 4.78 is 5.35. The van der Waals surface area contributed by atoms with Crippen molar-refractivity contribution in [1.82, 2.24) is 10.2 Å². The summed E-state index contributed by atoms with van der Waals surface area (Å²) in [7, 11) is 3.91. The van der Waals surface area contributed by atoms with Crippen LogP contribution in [0.3, 0.4) is 0 Å². The first-order valence-corrected chi connectivity index (χ1v) is 7.82. The summed E-state index contributed by atoms with van der Waals surface area (Å²) in [5.41, 5.74) is 1.09. The maximum absolute atomic E-state index is 12.0. The minimum atomic E-state index is -0.485. The number of nitrogens with zero attached hydrogens (tertiary/aromatic N) is 2. The normalized spacial score (nSPS) is 11.8. The zero-order chi connectivity index (χ0) is 18.2. The highest BCUT2D eigenvalue weighted by Gasteiger charge is 2.15. The van der Waals surface area contributed by atoms with Gasteiger partial charge in [0.1, 0.15) is 5.75 Å². The molecule has 0 spiro atoms. The van der Waals surface area contributed by atoms with Crippen LogP contribution in [0, 0.1) is 10.1 Å². The Hall–Kier alpha value is -2.93. The van der Waals surface area contributed by atoms with Crippen molar-refractivity contribution in [3.05, 3.63) is 70.3 Å². The van der Waals surface area contributed by atoms with Gasteiger partial charge >= 0.3 is 0 Å². The molecule has 7 heteroatoms. The van der Waals surface area contributed by atoms with Crippen LogP contribution in [-0.4, -0.2) is 43.0 Å². The Kier molecular flexibility index (Phi) is 6.47. The van der Waals surface area contributed by atoms with Crippen LogP contribution < -0.4 is 10.1 Å². The van der Waals surface area contributed by atoms with E-state index < -0.39 is 4.92 Å². The quantitative estimate of drug-likeness (QED) is 0.588. The molecule has 0 fully saturated rings. The molecular formula is C18H21N3O4. The molecule has 0 aliphatic heterocycles.